The third-order valence-corrected chi connectivity index (χ3v) is 4.00. The van der Waals surface area contributed by atoms with Crippen molar-refractivity contribution in [1.82, 2.24) is 0 Å². The molecule has 2 nitrogen and oxygen atoms in total. The maximum atomic E-state index is 9.51. The van der Waals surface area contributed by atoms with Gasteiger partial charge in [0, 0.05) is 11.1 Å². The summed E-state index contributed by atoms with van der Waals surface area (Å²) in [5, 5.41) is 23.1. The van der Waals surface area contributed by atoms with Gasteiger partial charge in [0.05, 0.1) is 0 Å². The number of hydrogen-bond donors (Lipinski definition) is 2. The molecule has 0 aliphatic heterocycles. The first-order valence-corrected chi connectivity index (χ1v) is 7.65. The Morgan fingerprint density at radius 2 is 0.833 bits per heavy atom. The van der Waals surface area contributed by atoms with E-state index in [1.807, 2.05) is 48.5 Å². The first-order chi connectivity index (χ1) is 11.7. The zero-order valence-electron chi connectivity index (χ0n) is 12.8. The molecule has 4 aromatic rings. The lowest BCUT2D eigenvalue weighted by molar-refractivity contribution is 0.475. The molecule has 0 saturated heterocycles. The van der Waals surface area contributed by atoms with Gasteiger partial charge in [0.25, 0.3) is 0 Å². The molecule has 0 fully saturated rings. The van der Waals surface area contributed by atoms with Crippen LogP contribution in [-0.2, 0) is 0 Å². The average Bonchev–Trinajstić information content (AvgIpc) is 2.60. The van der Waals surface area contributed by atoms with Gasteiger partial charge in [-0.2, -0.15) is 0 Å². The molecule has 0 heterocycles. The van der Waals surface area contributed by atoms with Gasteiger partial charge in [0.15, 0.2) is 0 Å². The summed E-state index contributed by atoms with van der Waals surface area (Å²) >= 11 is 0. The summed E-state index contributed by atoms with van der Waals surface area (Å²) in [4.78, 5) is 0. The number of aromatic hydroxyl groups is 2. The molecule has 0 unspecified atom stereocenters. The number of benzene rings is 4. The van der Waals surface area contributed by atoms with Crippen LogP contribution >= 0.6 is 0 Å². The van der Waals surface area contributed by atoms with Gasteiger partial charge in [-0.15, -0.1) is 0 Å². The predicted octanol–water partition coefficient (Wildman–Crippen LogP) is 4.80. The average molecular weight is 310 g/mol. The van der Waals surface area contributed by atoms with E-state index in [0.29, 0.717) is 0 Å². The van der Waals surface area contributed by atoms with E-state index in [1.54, 1.807) is 24.3 Å². The first-order valence-electron chi connectivity index (χ1n) is 7.65. The van der Waals surface area contributed by atoms with E-state index in [0.717, 1.165) is 32.7 Å². The van der Waals surface area contributed by atoms with Gasteiger partial charge in [0.2, 0.25) is 0 Å². The van der Waals surface area contributed by atoms with Crippen molar-refractivity contribution in [1.29, 1.82) is 0 Å². The van der Waals surface area contributed by atoms with E-state index >= 15 is 0 Å². The minimum atomic E-state index is 0.267. The van der Waals surface area contributed by atoms with Crippen molar-refractivity contribution in [3.05, 3.63) is 83.9 Å². The lowest BCUT2D eigenvalue weighted by Crippen LogP contribution is -1.79. The van der Waals surface area contributed by atoms with Crippen LogP contribution < -0.4 is 0 Å². The third kappa shape index (κ3) is 2.76. The van der Waals surface area contributed by atoms with Crippen LogP contribution in [0.4, 0.5) is 0 Å². The number of phenols is 2. The van der Waals surface area contributed by atoms with Gasteiger partial charge in [-0.1, -0.05) is 36.1 Å². The predicted molar refractivity (Wildman–Crippen MR) is 97.2 cm³/mol. The topological polar surface area (TPSA) is 40.5 Å². The number of hydrogen-bond acceptors (Lipinski definition) is 2. The second-order valence-electron chi connectivity index (χ2n) is 5.74. The van der Waals surface area contributed by atoms with Crippen molar-refractivity contribution < 1.29 is 10.2 Å². The minimum Gasteiger partial charge on any atom is -0.508 e. The van der Waals surface area contributed by atoms with Gasteiger partial charge in [0.1, 0.15) is 11.5 Å². The lowest BCUT2D eigenvalue weighted by atomic mass is 10.1. The fraction of sp³-hybridized carbons (Fsp3) is 0. The molecule has 0 radical (unpaired) electrons. The SMILES string of the molecule is Oc1ccc2cc(C#Cc3ccc4cc(O)ccc4c3)ccc2c1. The summed E-state index contributed by atoms with van der Waals surface area (Å²) in [5.74, 6) is 6.90. The van der Waals surface area contributed by atoms with Crippen LogP contribution in [0.15, 0.2) is 72.8 Å². The molecule has 4 aromatic carbocycles. The highest BCUT2D eigenvalue weighted by Gasteiger charge is 1.98. The second-order valence-corrected chi connectivity index (χ2v) is 5.74. The van der Waals surface area contributed by atoms with Gasteiger partial charge >= 0.3 is 0 Å². The van der Waals surface area contributed by atoms with Crippen molar-refractivity contribution in [2.75, 3.05) is 0 Å². The summed E-state index contributed by atoms with van der Waals surface area (Å²) in [7, 11) is 0. The lowest BCUT2D eigenvalue weighted by Gasteiger charge is -2.00. The smallest absolute Gasteiger partial charge is 0.116 e. The molecular formula is C22H14O2. The van der Waals surface area contributed by atoms with E-state index in [2.05, 4.69) is 11.8 Å². The molecule has 0 spiro atoms. The van der Waals surface area contributed by atoms with Gasteiger partial charge in [-0.3, -0.25) is 0 Å². The standard InChI is InChI=1S/C22H14O2/c23-21-9-7-17-11-15(3-5-19(17)13-21)1-2-16-4-6-20-14-22(24)10-8-18(20)12-16/h3-14,23-24H. The maximum absolute atomic E-state index is 9.51. The number of rotatable bonds is 0. The van der Waals surface area contributed by atoms with Crippen molar-refractivity contribution in [2.45, 2.75) is 0 Å². The minimum absolute atomic E-state index is 0.267. The Kier molecular flexibility index (Phi) is 3.33. The molecular weight excluding hydrogens is 296 g/mol. The molecule has 0 atom stereocenters. The molecule has 2 N–H and O–H groups in total. The Balaban J connectivity index is 1.70. The van der Waals surface area contributed by atoms with E-state index in [-0.39, 0.29) is 11.5 Å². The highest BCUT2D eigenvalue weighted by atomic mass is 16.3. The van der Waals surface area contributed by atoms with Crippen LogP contribution in [0.25, 0.3) is 21.5 Å². The van der Waals surface area contributed by atoms with Gasteiger partial charge < -0.3 is 10.2 Å². The highest BCUT2D eigenvalue weighted by molar-refractivity contribution is 5.86. The molecule has 0 bridgehead atoms. The van der Waals surface area contributed by atoms with E-state index in [9.17, 15) is 10.2 Å². The van der Waals surface area contributed by atoms with Gasteiger partial charge in [-0.05, 0) is 70.1 Å². The monoisotopic (exact) mass is 310 g/mol. The first kappa shape index (κ1) is 14.2. The Morgan fingerprint density at radius 3 is 1.29 bits per heavy atom. The molecule has 0 saturated carbocycles. The Labute approximate surface area is 139 Å². The van der Waals surface area contributed by atoms with Crippen molar-refractivity contribution in [3.8, 4) is 23.3 Å². The number of phenolic OH excluding ortho intramolecular Hbond substituents is 2. The van der Waals surface area contributed by atoms with Crippen LogP contribution in [0.5, 0.6) is 11.5 Å². The van der Waals surface area contributed by atoms with Crippen molar-refractivity contribution in [3.63, 3.8) is 0 Å². The number of fused-ring (bicyclic) bond motifs is 2. The van der Waals surface area contributed by atoms with Crippen LogP contribution in [0, 0.1) is 11.8 Å². The normalized spacial score (nSPS) is 10.5. The van der Waals surface area contributed by atoms with E-state index < -0.39 is 0 Å². The summed E-state index contributed by atoms with van der Waals surface area (Å²) in [6.45, 7) is 0. The quantitative estimate of drug-likeness (QED) is 0.458. The molecule has 0 amide bonds. The second kappa shape index (κ2) is 5.64. The molecule has 0 aliphatic rings. The molecule has 2 heteroatoms. The molecule has 24 heavy (non-hydrogen) atoms. The van der Waals surface area contributed by atoms with Crippen LogP contribution in [-0.4, -0.2) is 10.2 Å². The Bertz CT molecular complexity index is 1040. The van der Waals surface area contributed by atoms with Crippen LogP contribution in [0.1, 0.15) is 11.1 Å². The van der Waals surface area contributed by atoms with Crippen molar-refractivity contribution in [2.24, 2.45) is 0 Å². The van der Waals surface area contributed by atoms with Crippen molar-refractivity contribution >= 4 is 21.5 Å². The summed E-state index contributed by atoms with van der Waals surface area (Å²) in [6, 6.07) is 22.5. The largest absolute Gasteiger partial charge is 0.508 e. The van der Waals surface area contributed by atoms with Crippen LogP contribution in [0.3, 0.4) is 0 Å². The zero-order valence-corrected chi connectivity index (χ0v) is 12.8. The molecule has 114 valence electrons. The summed E-state index contributed by atoms with van der Waals surface area (Å²) < 4.78 is 0. The fourth-order valence-electron chi connectivity index (χ4n) is 2.77. The molecule has 0 aromatic heterocycles. The Hall–Kier alpha value is -3.44. The van der Waals surface area contributed by atoms with E-state index in [4.69, 9.17) is 0 Å². The molecule has 0 aliphatic carbocycles. The maximum Gasteiger partial charge on any atom is 0.116 e. The summed E-state index contributed by atoms with van der Waals surface area (Å²) in [5.41, 5.74) is 1.86. The zero-order chi connectivity index (χ0) is 16.5. The highest BCUT2D eigenvalue weighted by Crippen LogP contribution is 2.22. The Morgan fingerprint density at radius 1 is 0.458 bits per heavy atom. The fourth-order valence-corrected chi connectivity index (χ4v) is 2.77. The third-order valence-electron chi connectivity index (χ3n) is 4.00. The van der Waals surface area contributed by atoms with Crippen LogP contribution in [0.2, 0.25) is 0 Å². The summed E-state index contributed by atoms with van der Waals surface area (Å²) in [6.07, 6.45) is 0. The van der Waals surface area contributed by atoms with E-state index in [1.165, 1.54) is 0 Å². The molecule has 4 rings (SSSR count). The van der Waals surface area contributed by atoms with Gasteiger partial charge in [-0.25, -0.2) is 0 Å².